The van der Waals surface area contributed by atoms with E-state index in [2.05, 4.69) is 10.3 Å². The summed E-state index contributed by atoms with van der Waals surface area (Å²) in [4.78, 5) is 30.9. The third-order valence-corrected chi connectivity index (χ3v) is 5.96. The zero-order chi connectivity index (χ0) is 21.6. The Balaban J connectivity index is 1.61. The molecule has 0 bridgehead atoms. The minimum atomic E-state index is -4.55. The maximum absolute atomic E-state index is 13.1. The molecule has 0 radical (unpaired) electrons. The normalized spacial score (nSPS) is 15.1. The number of nitrogens with one attached hydrogen (secondary N) is 1. The Bertz CT molecular complexity index is 1160. The molecule has 3 aromatic rings. The summed E-state index contributed by atoms with van der Waals surface area (Å²) in [6.45, 7) is 1.42. The van der Waals surface area contributed by atoms with Crippen LogP contribution in [0.15, 0.2) is 47.6 Å². The highest BCUT2D eigenvalue weighted by Crippen LogP contribution is 2.38. The van der Waals surface area contributed by atoms with Crippen LogP contribution in [0.25, 0.3) is 11.0 Å². The van der Waals surface area contributed by atoms with Crippen LogP contribution in [-0.2, 0) is 22.8 Å². The molecule has 1 N–H and O–H groups in total. The van der Waals surface area contributed by atoms with Gasteiger partial charge in [-0.1, -0.05) is 23.9 Å². The Labute approximate surface area is 174 Å². The highest BCUT2D eigenvalue weighted by atomic mass is 32.2. The first kappa shape index (κ1) is 20.3. The molecule has 0 fully saturated rings. The van der Waals surface area contributed by atoms with Crippen molar-refractivity contribution < 1.29 is 22.8 Å². The van der Waals surface area contributed by atoms with Gasteiger partial charge in [-0.25, -0.2) is 4.98 Å². The summed E-state index contributed by atoms with van der Waals surface area (Å²) in [5.74, 6) is -0.932. The number of alkyl halides is 3. The van der Waals surface area contributed by atoms with Gasteiger partial charge in [-0.15, -0.1) is 0 Å². The molecule has 0 saturated carbocycles. The topological polar surface area (TPSA) is 67.2 Å². The van der Waals surface area contributed by atoms with Gasteiger partial charge in [-0.3, -0.25) is 14.5 Å². The van der Waals surface area contributed by atoms with Crippen molar-refractivity contribution in [2.24, 2.45) is 7.05 Å². The molecular weight excluding hydrogens is 417 g/mol. The van der Waals surface area contributed by atoms with Crippen molar-refractivity contribution in [3.63, 3.8) is 0 Å². The van der Waals surface area contributed by atoms with Crippen molar-refractivity contribution in [2.45, 2.75) is 23.5 Å². The van der Waals surface area contributed by atoms with Gasteiger partial charge in [0.1, 0.15) is 6.54 Å². The van der Waals surface area contributed by atoms with Crippen molar-refractivity contribution in [1.29, 1.82) is 0 Å². The number of aromatic nitrogens is 2. The van der Waals surface area contributed by atoms with Crippen LogP contribution in [0, 0.1) is 0 Å². The molecule has 2 aromatic carbocycles. The summed E-state index contributed by atoms with van der Waals surface area (Å²) in [5.41, 5.74) is 1.03. The lowest BCUT2D eigenvalue weighted by Crippen LogP contribution is -2.45. The molecule has 30 heavy (non-hydrogen) atoms. The molecule has 10 heteroatoms. The summed E-state index contributed by atoms with van der Waals surface area (Å²) in [6, 6.07) is 10.5. The predicted molar refractivity (Wildman–Crippen MR) is 108 cm³/mol. The third kappa shape index (κ3) is 3.62. The third-order valence-electron chi connectivity index (χ3n) is 4.83. The number of carbonyl (C=O) groups excluding carboxylic acids is 2. The molecule has 0 saturated heterocycles. The predicted octanol–water partition coefficient (Wildman–Crippen LogP) is 4.06. The lowest BCUT2D eigenvalue weighted by molar-refractivity contribution is -0.137. The quantitative estimate of drug-likeness (QED) is 0.632. The number of aryl methyl sites for hydroxylation is 1. The SMILES string of the molecule is CC(Sc1nc2ccccc2n1C)C(=O)N1CC(=O)Nc2cc(C(F)(F)F)ccc21. The van der Waals surface area contributed by atoms with E-state index in [1.165, 1.54) is 22.7 Å². The van der Waals surface area contributed by atoms with E-state index in [1.807, 2.05) is 35.9 Å². The average molecular weight is 434 g/mol. The van der Waals surface area contributed by atoms with Crippen molar-refractivity contribution in [1.82, 2.24) is 9.55 Å². The Morgan fingerprint density at radius 1 is 1.23 bits per heavy atom. The molecule has 2 amide bonds. The fraction of sp³-hybridized carbons (Fsp3) is 0.250. The van der Waals surface area contributed by atoms with Gasteiger partial charge in [0.25, 0.3) is 0 Å². The number of hydrogen-bond acceptors (Lipinski definition) is 4. The fourth-order valence-corrected chi connectivity index (χ4v) is 4.27. The second kappa shape index (κ2) is 7.35. The summed E-state index contributed by atoms with van der Waals surface area (Å²) in [5, 5.41) is 2.44. The number of benzene rings is 2. The number of hydrogen-bond donors (Lipinski definition) is 1. The highest BCUT2D eigenvalue weighted by molar-refractivity contribution is 8.00. The second-order valence-corrected chi connectivity index (χ2v) is 8.21. The number of anilines is 2. The number of nitrogens with zero attached hydrogens (tertiary/aromatic N) is 3. The number of amides is 2. The minimum Gasteiger partial charge on any atom is -0.323 e. The van der Waals surface area contributed by atoms with E-state index in [-0.39, 0.29) is 23.8 Å². The standard InChI is InChI=1S/C20H17F3N4O2S/c1-11(30-19-25-13-5-3-4-6-15(13)26(19)2)18(29)27-10-17(28)24-14-9-12(20(21,22)23)7-8-16(14)27/h3-9,11H,10H2,1-2H3,(H,24,28). The summed E-state index contributed by atoms with van der Waals surface area (Å²) >= 11 is 1.23. The Hall–Kier alpha value is -3.01. The Morgan fingerprint density at radius 3 is 2.67 bits per heavy atom. The van der Waals surface area contributed by atoms with Gasteiger partial charge in [-0.05, 0) is 37.3 Å². The van der Waals surface area contributed by atoms with Crippen LogP contribution in [0.3, 0.4) is 0 Å². The Kier molecular flexibility index (Phi) is 4.97. The van der Waals surface area contributed by atoms with Gasteiger partial charge >= 0.3 is 6.18 Å². The van der Waals surface area contributed by atoms with Crippen LogP contribution in [-0.4, -0.2) is 33.2 Å². The van der Waals surface area contributed by atoms with Gasteiger partial charge in [0, 0.05) is 7.05 Å². The van der Waals surface area contributed by atoms with E-state index in [0.717, 1.165) is 23.2 Å². The number of imidazole rings is 1. The lowest BCUT2D eigenvalue weighted by Gasteiger charge is -2.31. The smallest absolute Gasteiger partial charge is 0.323 e. The lowest BCUT2D eigenvalue weighted by atomic mass is 10.1. The van der Waals surface area contributed by atoms with Crippen molar-refractivity contribution in [3.05, 3.63) is 48.0 Å². The average Bonchev–Trinajstić information content (AvgIpc) is 3.01. The second-order valence-electron chi connectivity index (χ2n) is 6.90. The monoisotopic (exact) mass is 434 g/mol. The fourth-order valence-electron chi connectivity index (χ4n) is 3.32. The largest absolute Gasteiger partial charge is 0.416 e. The molecule has 0 spiro atoms. The molecule has 1 aliphatic rings. The zero-order valence-electron chi connectivity index (χ0n) is 16.0. The maximum atomic E-state index is 13.1. The van der Waals surface area contributed by atoms with E-state index in [0.29, 0.717) is 5.16 Å². The van der Waals surface area contributed by atoms with E-state index < -0.39 is 22.9 Å². The number of fused-ring (bicyclic) bond motifs is 2. The van der Waals surface area contributed by atoms with Gasteiger partial charge in [-0.2, -0.15) is 13.2 Å². The highest BCUT2D eigenvalue weighted by Gasteiger charge is 2.35. The summed E-state index contributed by atoms with van der Waals surface area (Å²) in [6.07, 6.45) is -4.55. The molecule has 1 aromatic heterocycles. The number of thioether (sulfide) groups is 1. The molecule has 1 unspecified atom stereocenters. The van der Waals surface area contributed by atoms with E-state index in [4.69, 9.17) is 0 Å². The molecule has 1 aliphatic heterocycles. The van der Waals surface area contributed by atoms with Crippen molar-refractivity contribution in [3.8, 4) is 0 Å². The number of halogens is 3. The molecule has 6 nitrogen and oxygen atoms in total. The Morgan fingerprint density at radius 2 is 1.97 bits per heavy atom. The van der Waals surface area contributed by atoms with Crippen LogP contribution in [0.1, 0.15) is 12.5 Å². The first-order valence-corrected chi connectivity index (χ1v) is 9.93. The van der Waals surface area contributed by atoms with Crippen LogP contribution >= 0.6 is 11.8 Å². The van der Waals surface area contributed by atoms with Gasteiger partial charge in [0.2, 0.25) is 11.8 Å². The number of rotatable bonds is 3. The van der Waals surface area contributed by atoms with Crippen LogP contribution in [0.2, 0.25) is 0 Å². The molecule has 156 valence electrons. The molecular formula is C20H17F3N4O2S. The molecule has 4 rings (SSSR count). The molecule has 0 aliphatic carbocycles. The minimum absolute atomic E-state index is 0.0330. The van der Waals surface area contributed by atoms with E-state index in [9.17, 15) is 22.8 Å². The summed E-state index contributed by atoms with van der Waals surface area (Å²) in [7, 11) is 1.84. The molecule has 1 atom stereocenters. The molecule has 2 heterocycles. The maximum Gasteiger partial charge on any atom is 0.416 e. The number of carbonyl (C=O) groups is 2. The van der Waals surface area contributed by atoms with Crippen molar-refractivity contribution in [2.75, 3.05) is 16.8 Å². The van der Waals surface area contributed by atoms with Gasteiger partial charge < -0.3 is 9.88 Å². The van der Waals surface area contributed by atoms with E-state index in [1.54, 1.807) is 6.92 Å². The van der Waals surface area contributed by atoms with Gasteiger partial charge in [0.15, 0.2) is 5.16 Å². The van der Waals surface area contributed by atoms with Crippen LogP contribution in [0.4, 0.5) is 24.5 Å². The summed E-state index contributed by atoms with van der Waals surface area (Å²) < 4.78 is 40.9. The van der Waals surface area contributed by atoms with E-state index >= 15 is 0 Å². The number of para-hydroxylation sites is 2. The zero-order valence-corrected chi connectivity index (χ0v) is 16.8. The first-order valence-electron chi connectivity index (χ1n) is 9.06. The van der Waals surface area contributed by atoms with Crippen molar-refractivity contribution >= 4 is 46.0 Å². The first-order chi connectivity index (χ1) is 14.1. The van der Waals surface area contributed by atoms with Crippen LogP contribution in [0.5, 0.6) is 0 Å². The van der Waals surface area contributed by atoms with Gasteiger partial charge in [0.05, 0.1) is 33.2 Å². The van der Waals surface area contributed by atoms with Crippen LogP contribution < -0.4 is 10.2 Å².